The summed E-state index contributed by atoms with van der Waals surface area (Å²) in [6.07, 6.45) is -0.490. The van der Waals surface area contributed by atoms with Crippen molar-refractivity contribution in [2.75, 3.05) is 29.6 Å². The van der Waals surface area contributed by atoms with Crippen LogP contribution in [0.2, 0.25) is 23.7 Å². The Morgan fingerprint density at radius 2 is 1.97 bits per heavy atom. The molecule has 2 N–H and O–H groups in total. The first-order valence-corrected chi connectivity index (χ1v) is 15.6. The largest absolute Gasteiger partial charge is 0.447 e. The van der Waals surface area contributed by atoms with Crippen LogP contribution in [0.3, 0.4) is 0 Å². The van der Waals surface area contributed by atoms with Gasteiger partial charge in [0.25, 0.3) is 5.91 Å². The molecular formula is C26H31ClN2O6Si. The van der Waals surface area contributed by atoms with E-state index in [9.17, 15) is 19.5 Å². The van der Waals surface area contributed by atoms with Gasteiger partial charge < -0.3 is 24.3 Å². The number of aliphatic hydroxyl groups is 1. The average Bonchev–Trinajstić information content (AvgIpc) is 3.44. The molecule has 0 bridgehead atoms. The smallest absolute Gasteiger partial charge is 0.414 e. The van der Waals surface area contributed by atoms with Gasteiger partial charge in [-0.05, 0) is 55.4 Å². The van der Waals surface area contributed by atoms with E-state index in [-0.39, 0.29) is 36.6 Å². The van der Waals surface area contributed by atoms with Gasteiger partial charge in [-0.1, -0.05) is 30.7 Å². The summed E-state index contributed by atoms with van der Waals surface area (Å²) in [6.45, 7) is 6.67. The molecule has 2 aromatic rings. The van der Waals surface area contributed by atoms with Crippen molar-refractivity contribution in [1.29, 1.82) is 0 Å². The van der Waals surface area contributed by atoms with E-state index in [4.69, 9.17) is 21.1 Å². The molecule has 3 aliphatic rings. The van der Waals surface area contributed by atoms with E-state index in [1.807, 2.05) is 50.3 Å². The number of carbonyl (C=O) groups is 2. The minimum Gasteiger partial charge on any atom is -0.447 e. The van der Waals surface area contributed by atoms with Crippen LogP contribution in [0.1, 0.15) is 24.5 Å². The van der Waals surface area contributed by atoms with E-state index < -0.39 is 20.0 Å². The van der Waals surface area contributed by atoms with Gasteiger partial charge in [0, 0.05) is 34.3 Å². The highest BCUT2D eigenvalue weighted by Crippen LogP contribution is 2.60. The van der Waals surface area contributed by atoms with Crippen LogP contribution in [0.15, 0.2) is 42.5 Å². The number of fused-ring (bicyclic) bond motifs is 2. The second-order valence-electron chi connectivity index (χ2n) is 10.4. The number of anilines is 2. The zero-order chi connectivity index (χ0) is 25.8. The molecule has 3 aliphatic heterocycles. The number of ether oxygens (including phenoxy) is 2. The maximum Gasteiger partial charge on any atom is 0.414 e. The number of aliphatic hydroxyl groups excluding tert-OH is 1. The first kappa shape index (κ1) is 25.2. The molecule has 1 spiro atoms. The van der Waals surface area contributed by atoms with E-state index in [0.29, 0.717) is 41.5 Å². The van der Waals surface area contributed by atoms with Crippen molar-refractivity contribution in [1.82, 2.24) is 0 Å². The molecule has 5 rings (SSSR count). The summed E-state index contributed by atoms with van der Waals surface area (Å²) >= 11 is 6.40. The first-order chi connectivity index (χ1) is 17.1. The van der Waals surface area contributed by atoms with Crippen molar-refractivity contribution in [3.05, 3.63) is 58.6 Å². The lowest BCUT2D eigenvalue weighted by molar-refractivity contribution is -0.146. The summed E-state index contributed by atoms with van der Waals surface area (Å²) in [6, 6.07) is 12.9. The molecule has 2 fully saturated rings. The molecular weight excluding hydrogens is 500 g/mol. The number of hydrogen-bond acceptors (Lipinski definition) is 6. The van der Waals surface area contributed by atoms with Crippen molar-refractivity contribution < 1.29 is 29.0 Å². The SMILES string of the molecule is C[C@@H]1[C@@H]([Si](C)(C)O)[C@H](CCO)O[C@@]12C(=O)N(Cc1cccc(N3CCOC3=O)c1)c1ccc(Cl)cc12. The maximum absolute atomic E-state index is 14.3. The fourth-order valence-corrected chi connectivity index (χ4v) is 9.01. The Balaban J connectivity index is 1.55. The van der Waals surface area contributed by atoms with Crippen molar-refractivity contribution in [2.24, 2.45) is 5.92 Å². The first-order valence-electron chi connectivity index (χ1n) is 12.2. The number of halogens is 1. The van der Waals surface area contributed by atoms with Crippen LogP contribution < -0.4 is 9.80 Å². The van der Waals surface area contributed by atoms with Gasteiger partial charge in [-0.25, -0.2) is 4.79 Å². The molecule has 10 heteroatoms. The predicted molar refractivity (Wildman–Crippen MR) is 139 cm³/mol. The maximum atomic E-state index is 14.3. The number of benzene rings is 2. The minimum atomic E-state index is -2.76. The van der Waals surface area contributed by atoms with Gasteiger partial charge in [-0.15, -0.1) is 0 Å². The van der Waals surface area contributed by atoms with Gasteiger partial charge >= 0.3 is 6.09 Å². The molecule has 8 nitrogen and oxygen atoms in total. The fraction of sp³-hybridized carbons (Fsp3) is 0.462. The van der Waals surface area contributed by atoms with Gasteiger partial charge in [0.2, 0.25) is 0 Å². The van der Waals surface area contributed by atoms with Gasteiger partial charge in [0.05, 0.1) is 24.9 Å². The lowest BCUT2D eigenvalue weighted by Gasteiger charge is -2.32. The van der Waals surface area contributed by atoms with Crippen LogP contribution in [0.4, 0.5) is 16.2 Å². The minimum absolute atomic E-state index is 0.0967. The second-order valence-corrected chi connectivity index (χ2v) is 14.8. The molecule has 3 heterocycles. The number of rotatable bonds is 6. The molecule has 0 saturated carbocycles. The summed E-state index contributed by atoms with van der Waals surface area (Å²) in [7, 11) is -2.76. The molecule has 4 atom stereocenters. The zero-order valence-corrected chi connectivity index (χ0v) is 22.4. The Hall–Kier alpha value is -2.43. The van der Waals surface area contributed by atoms with Crippen LogP contribution in [0.5, 0.6) is 0 Å². The van der Waals surface area contributed by atoms with Crippen LogP contribution in [-0.4, -0.2) is 56.1 Å². The third kappa shape index (κ3) is 3.94. The Morgan fingerprint density at radius 3 is 2.64 bits per heavy atom. The summed E-state index contributed by atoms with van der Waals surface area (Å²) < 4.78 is 11.6. The standard InChI is InChI=1S/C26H31ClN2O6Si/c1-16-23(36(2,3)33)22(9-11-30)35-26(16)20-14-18(27)7-8-21(20)29(24(26)31)15-17-5-4-6-19(13-17)28-10-12-34-25(28)32/h4-8,13-14,16,22-23,30,33H,9-12,15H2,1-3H3/t16-,22+,23-,26+/m1/s1. The zero-order valence-electron chi connectivity index (χ0n) is 20.6. The number of nitrogens with zero attached hydrogens (tertiary/aromatic N) is 2. The third-order valence-corrected chi connectivity index (χ3v) is 10.4. The van der Waals surface area contributed by atoms with Crippen LogP contribution in [0.25, 0.3) is 0 Å². The van der Waals surface area contributed by atoms with Crippen molar-refractivity contribution in [3.63, 3.8) is 0 Å². The number of amides is 2. The summed E-state index contributed by atoms with van der Waals surface area (Å²) in [4.78, 5) is 40.8. The van der Waals surface area contributed by atoms with Crippen LogP contribution >= 0.6 is 11.6 Å². The Labute approximate surface area is 216 Å². The molecule has 2 aromatic carbocycles. The van der Waals surface area contributed by atoms with Gasteiger partial charge in [-0.3, -0.25) is 9.69 Å². The van der Waals surface area contributed by atoms with Crippen molar-refractivity contribution in [2.45, 2.75) is 50.2 Å². The topological polar surface area (TPSA) is 99.5 Å². The number of carbonyl (C=O) groups excluding carboxylic acids is 2. The predicted octanol–water partition coefficient (Wildman–Crippen LogP) is 4.02. The van der Waals surface area contributed by atoms with Gasteiger partial charge in [0.1, 0.15) is 6.61 Å². The highest BCUT2D eigenvalue weighted by molar-refractivity contribution is 6.71. The molecule has 0 aromatic heterocycles. The molecule has 2 amide bonds. The van der Waals surface area contributed by atoms with Crippen molar-refractivity contribution >= 4 is 43.3 Å². The monoisotopic (exact) mass is 530 g/mol. The summed E-state index contributed by atoms with van der Waals surface area (Å²) in [5.74, 6) is -0.525. The molecule has 0 aliphatic carbocycles. The van der Waals surface area contributed by atoms with E-state index in [1.54, 1.807) is 21.9 Å². The molecule has 2 saturated heterocycles. The normalized spacial score (nSPS) is 27.8. The Morgan fingerprint density at radius 1 is 1.19 bits per heavy atom. The van der Waals surface area contributed by atoms with Gasteiger partial charge in [0.15, 0.2) is 13.9 Å². The van der Waals surface area contributed by atoms with Crippen LogP contribution in [0, 0.1) is 5.92 Å². The molecule has 36 heavy (non-hydrogen) atoms. The number of hydrogen-bond donors (Lipinski definition) is 2. The Kier molecular flexibility index (Phi) is 6.41. The van der Waals surface area contributed by atoms with E-state index in [2.05, 4.69) is 0 Å². The highest BCUT2D eigenvalue weighted by atomic mass is 35.5. The molecule has 0 radical (unpaired) electrons. The average molecular weight is 531 g/mol. The fourth-order valence-electron chi connectivity index (χ4n) is 6.24. The summed E-state index contributed by atoms with van der Waals surface area (Å²) in [5.41, 5.74) is 1.43. The third-order valence-electron chi connectivity index (χ3n) is 7.68. The molecule has 0 unspecified atom stereocenters. The van der Waals surface area contributed by atoms with Crippen molar-refractivity contribution in [3.8, 4) is 0 Å². The lowest BCUT2D eigenvalue weighted by Crippen LogP contribution is -2.46. The highest BCUT2D eigenvalue weighted by Gasteiger charge is 2.66. The second kappa shape index (κ2) is 9.15. The Bertz CT molecular complexity index is 1200. The summed E-state index contributed by atoms with van der Waals surface area (Å²) in [5, 5.41) is 10.2. The molecule has 192 valence electrons. The van der Waals surface area contributed by atoms with E-state index >= 15 is 0 Å². The quantitative estimate of drug-likeness (QED) is 0.547. The van der Waals surface area contributed by atoms with E-state index in [0.717, 1.165) is 5.56 Å². The number of cyclic esters (lactones) is 1. The van der Waals surface area contributed by atoms with E-state index in [1.165, 1.54) is 0 Å². The lowest BCUT2D eigenvalue weighted by atomic mass is 9.82. The van der Waals surface area contributed by atoms with Crippen LogP contribution in [-0.2, 0) is 26.4 Å². The van der Waals surface area contributed by atoms with Gasteiger partial charge in [-0.2, -0.15) is 0 Å².